The number of alkyl halides is 2. The number of amides is 2. The summed E-state index contributed by atoms with van der Waals surface area (Å²) in [6.45, 7) is 0. The monoisotopic (exact) mass is 561 g/mol. The highest BCUT2D eigenvalue weighted by molar-refractivity contribution is 6.53. The van der Waals surface area contributed by atoms with E-state index in [9.17, 15) is 22.8 Å². The van der Waals surface area contributed by atoms with Gasteiger partial charge in [0.25, 0.3) is 5.91 Å². The number of nitrogens with two attached hydrogens (primary N) is 1. The largest absolute Gasteiger partial charge is 0.395 e. The standard InChI is InChI=1S/C23H14Cl4F3N3O2/c24-13-3-2-11(8-12(13)21(34)33-17-7-10(28)6-16(30)20(17)31)32-22(35)19-18(23(19,26)27)9-1-4-15(29)14(25)5-9/h1-8,18-19H,31H2,(H,32,35)(H,33,34)/t18-,19+/m0/s1. The topological polar surface area (TPSA) is 84.2 Å². The van der Waals surface area contributed by atoms with Gasteiger partial charge in [-0.2, -0.15) is 0 Å². The first-order chi connectivity index (χ1) is 16.4. The average Bonchev–Trinajstić information content (AvgIpc) is 3.36. The lowest BCUT2D eigenvalue weighted by Gasteiger charge is -2.12. The van der Waals surface area contributed by atoms with Crippen molar-refractivity contribution in [2.24, 2.45) is 5.92 Å². The van der Waals surface area contributed by atoms with Crippen LogP contribution in [0.2, 0.25) is 10.0 Å². The van der Waals surface area contributed by atoms with Gasteiger partial charge < -0.3 is 16.4 Å². The molecule has 0 unspecified atom stereocenters. The number of benzene rings is 3. The van der Waals surface area contributed by atoms with Crippen LogP contribution in [0.5, 0.6) is 0 Å². The Balaban J connectivity index is 1.52. The molecule has 1 aliphatic carbocycles. The lowest BCUT2D eigenvalue weighted by Crippen LogP contribution is -2.18. The zero-order valence-electron chi connectivity index (χ0n) is 17.3. The van der Waals surface area contributed by atoms with Gasteiger partial charge in [-0.3, -0.25) is 9.59 Å². The number of carbonyl (C=O) groups is 2. The van der Waals surface area contributed by atoms with Gasteiger partial charge in [-0.25, -0.2) is 13.2 Å². The Morgan fingerprint density at radius 3 is 2.29 bits per heavy atom. The minimum absolute atomic E-state index is 0.00484. The highest BCUT2D eigenvalue weighted by atomic mass is 35.5. The van der Waals surface area contributed by atoms with E-state index >= 15 is 0 Å². The fraction of sp³-hybridized carbons (Fsp3) is 0.130. The third-order valence-electron chi connectivity index (χ3n) is 5.46. The van der Waals surface area contributed by atoms with Crippen molar-refractivity contribution < 1.29 is 22.8 Å². The molecule has 0 spiro atoms. The van der Waals surface area contributed by atoms with Gasteiger partial charge in [-0.15, -0.1) is 23.2 Å². The highest BCUT2D eigenvalue weighted by Gasteiger charge is 2.67. The molecule has 1 aliphatic rings. The van der Waals surface area contributed by atoms with Crippen LogP contribution in [-0.2, 0) is 4.79 Å². The van der Waals surface area contributed by atoms with E-state index in [2.05, 4.69) is 10.6 Å². The van der Waals surface area contributed by atoms with Crippen LogP contribution in [0.3, 0.4) is 0 Å². The molecule has 2 atom stereocenters. The average molecular weight is 563 g/mol. The number of halogens is 7. The summed E-state index contributed by atoms with van der Waals surface area (Å²) in [7, 11) is 0. The molecule has 2 amide bonds. The zero-order valence-corrected chi connectivity index (χ0v) is 20.3. The molecule has 182 valence electrons. The van der Waals surface area contributed by atoms with Crippen molar-refractivity contribution in [2.45, 2.75) is 10.3 Å². The van der Waals surface area contributed by atoms with E-state index in [4.69, 9.17) is 52.1 Å². The summed E-state index contributed by atoms with van der Waals surface area (Å²) in [5.41, 5.74) is 5.37. The van der Waals surface area contributed by atoms with Crippen molar-refractivity contribution in [3.8, 4) is 0 Å². The predicted molar refractivity (Wildman–Crippen MR) is 131 cm³/mol. The van der Waals surface area contributed by atoms with Crippen molar-refractivity contribution in [2.75, 3.05) is 16.4 Å². The van der Waals surface area contributed by atoms with E-state index in [0.717, 1.165) is 12.1 Å². The number of nitrogen functional groups attached to an aromatic ring is 1. The molecule has 0 radical (unpaired) electrons. The van der Waals surface area contributed by atoms with Gasteiger partial charge in [0.05, 0.1) is 32.9 Å². The summed E-state index contributed by atoms with van der Waals surface area (Å²) >= 11 is 24.5. The maximum absolute atomic E-state index is 13.7. The first-order valence-electron chi connectivity index (χ1n) is 9.89. The zero-order chi connectivity index (χ0) is 25.7. The van der Waals surface area contributed by atoms with E-state index in [1.54, 1.807) is 0 Å². The van der Waals surface area contributed by atoms with Crippen molar-refractivity contribution in [3.63, 3.8) is 0 Å². The fourth-order valence-corrected chi connectivity index (χ4v) is 4.87. The Labute approximate surface area is 217 Å². The second kappa shape index (κ2) is 9.43. The summed E-state index contributed by atoms with van der Waals surface area (Å²) in [6.07, 6.45) is 0. The van der Waals surface area contributed by atoms with Crippen molar-refractivity contribution in [1.82, 2.24) is 0 Å². The number of rotatable bonds is 5. The van der Waals surface area contributed by atoms with Crippen LogP contribution >= 0.6 is 46.4 Å². The molecule has 0 aliphatic heterocycles. The quantitative estimate of drug-likeness (QED) is 0.237. The number of nitrogens with one attached hydrogen (secondary N) is 2. The number of anilines is 3. The van der Waals surface area contributed by atoms with Gasteiger partial charge in [0.1, 0.15) is 16.0 Å². The molecule has 1 fully saturated rings. The van der Waals surface area contributed by atoms with Crippen LogP contribution in [0.25, 0.3) is 0 Å². The highest BCUT2D eigenvalue weighted by Crippen LogP contribution is 2.65. The number of hydrogen-bond donors (Lipinski definition) is 3. The smallest absolute Gasteiger partial charge is 0.257 e. The molecule has 0 saturated heterocycles. The van der Waals surface area contributed by atoms with Gasteiger partial charge in [-0.05, 0) is 42.0 Å². The van der Waals surface area contributed by atoms with Crippen molar-refractivity contribution in [1.29, 1.82) is 0 Å². The molecule has 12 heteroatoms. The van der Waals surface area contributed by atoms with E-state index in [1.165, 1.54) is 30.3 Å². The summed E-state index contributed by atoms with van der Waals surface area (Å²) in [4.78, 5) is 25.6. The Morgan fingerprint density at radius 1 is 0.886 bits per heavy atom. The summed E-state index contributed by atoms with van der Waals surface area (Å²) in [5.74, 6) is -5.53. The summed E-state index contributed by atoms with van der Waals surface area (Å²) < 4.78 is 39.2. The Hall–Kier alpha value is -2.65. The van der Waals surface area contributed by atoms with Crippen LogP contribution in [0.15, 0.2) is 48.5 Å². The molecule has 0 bridgehead atoms. The second-order valence-corrected chi connectivity index (χ2v) is 10.0. The summed E-state index contributed by atoms with van der Waals surface area (Å²) in [6, 6.07) is 9.40. The van der Waals surface area contributed by atoms with E-state index in [1.807, 2.05) is 0 Å². The van der Waals surface area contributed by atoms with Crippen LogP contribution in [0.1, 0.15) is 21.8 Å². The maximum Gasteiger partial charge on any atom is 0.257 e. The molecule has 0 aromatic heterocycles. The first kappa shape index (κ1) is 25.4. The van der Waals surface area contributed by atoms with E-state index in [-0.39, 0.29) is 27.0 Å². The molecule has 3 aromatic rings. The van der Waals surface area contributed by atoms with Crippen LogP contribution in [0.4, 0.5) is 30.2 Å². The molecular weight excluding hydrogens is 549 g/mol. The predicted octanol–water partition coefficient (Wildman–Crippen LogP) is 6.77. The molecular formula is C23H14Cl4F3N3O2. The summed E-state index contributed by atoms with van der Waals surface area (Å²) in [5, 5.41) is 4.76. The normalized spacial score (nSPS) is 18.1. The van der Waals surface area contributed by atoms with Crippen molar-refractivity contribution in [3.05, 3.63) is 87.2 Å². The molecule has 5 nitrogen and oxygen atoms in total. The third-order valence-corrected chi connectivity index (χ3v) is 7.02. The second-order valence-electron chi connectivity index (χ2n) is 7.79. The van der Waals surface area contributed by atoms with Gasteiger partial charge in [0, 0.05) is 17.7 Å². The van der Waals surface area contributed by atoms with Gasteiger partial charge in [0.15, 0.2) is 5.82 Å². The minimum atomic E-state index is -1.46. The minimum Gasteiger partial charge on any atom is -0.395 e. The van der Waals surface area contributed by atoms with Gasteiger partial charge in [-0.1, -0.05) is 29.3 Å². The molecule has 1 saturated carbocycles. The first-order valence-corrected chi connectivity index (χ1v) is 11.4. The number of carbonyl (C=O) groups excluding carboxylic acids is 2. The molecule has 4 rings (SSSR count). The lowest BCUT2D eigenvalue weighted by atomic mass is 10.1. The van der Waals surface area contributed by atoms with Crippen LogP contribution in [0, 0.1) is 23.4 Å². The maximum atomic E-state index is 13.7. The fourth-order valence-electron chi connectivity index (χ4n) is 3.65. The van der Waals surface area contributed by atoms with Gasteiger partial charge in [0.2, 0.25) is 5.91 Å². The molecule has 4 N–H and O–H groups in total. The van der Waals surface area contributed by atoms with Gasteiger partial charge >= 0.3 is 0 Å². The molecule has 0 heterocycles. The van der Waals surface area contributed by atoms with E-state index < -0.39 is 51.1 Å². The van der Waals surface area contributed by atoms with Crippen LogP contribution < -0.4 is 16.4 Å². The number of hydrogen-bond acceptors (Lipinski definition) is 3. The Morgan fingerprint density at radius 2 is 1.60 bits per heavy atom. The van der Waals surface area contributed by atoms with E-state index in [0.29, 0.717) is 11.6 Å². The van der Waals surface area contributed by atoms with Crippen LogP contribution in [-0.4, -0.2) is 16.1 Å². The third kappa shape index (κ3) is 5.02. The Bertz CT molecular complexity index is 1370. The Kier molecular flexibility index (Phi) is 6.85. The lowest BCUT2D eigenvalue weighted by molar-refractivity contribution is -0.117. The molecule has 3 aromatic carbocycles. The van der Waals surface area contributed by atoms with Crippen molar-refractivity contribution >= 4 is 75.3 Å². The molecule has 35 heavy (non-hydrogen) atoms. The SMILES string of the molecule is Nc1c(F)cc(F)cc1NC(=O)c1cc(NC(=O)[C@H]2[C@H](c3ccc(F)c(Cl)c3)C2(Cl)Cl)ccc1Cl.